The normalized spacial score (nSPS) is 11.6. The third-order valence-corrected chi connectivity index (χ3v) is 5.67. The van der Waals surface area contributed by atoms with Crippen LogP contribution in [0.2, 0.25) is 0 Å². The molecule has 10 nitrogen and oxygen atoms in total. The van der Waals surface area contributed by atoms with E-state index in [9.17, 15) is 14.4 Å². The summed E-state index contributed by atoms with van der Waals surface area (Å²) in [7, 11) is 1.56. The second kappa shape index (κ2) is 12.4. The van der Waals surface area contributed by atoms with Crippen molar-refractivity contribution in [2.24, 2.45) is 5.41 Å². The molecule has 1 amide bonds. The van der Waals surface area contributed by atoms with Crippen LogP contribution in [0, 0.1) is 5.41 Å². The number of aromatic nitrogens is 4. The van der Waals surface area contributed by atoms with Crippen LogP contribution in [-0.2, 0) is 16.1 Å². The van der Waals surface area contributed by atoms with Gasteiger partial charge in [-0.1, -0.05) is 57.9 Å². The zero-order chi connectivity index (χ0) is 26.1. The van der Waals surface area contributed by atoms with Gasteiger partial charge in [0, 0.05) is 19.1 Å². The zero-order valence-electron chi connectivity index (χ0n) is 21.4. The number of aromatic amines is 1. The fourth-order valence-corrected chi connectivity index (χ4v) is 3.72. The van der Waals surface area contributed by atoms with Gasteiger partial charge in [-0.25, -0.2) is 4.79 Å². The predicted molar refractivity (Wildman–Crippen MR) is 138 cm³/mol. The lowest BCUT2D eigenvalue weighted by atomic mass is 9.89. The molecule has 0 fully saturated rings. The van der Waals surface area contributed by atoms with Gasteiger partial charge in [-0.05, 0) is 23.8 Å². The Labute approximate surface area is 210 Å². The highest BCUT2D eigenvalue weighted by molar-refractivity contribution is 5.97. The van der Waals surface area contributed by atoms with Crippen LogP contribution in [0.1, 0.15) is 68.8 Å². The van der Waals surface area contributed by atoms with Gasteiger partial charge >= 0.3 is 11.7 Å². The van der Waals surface area contributed by atoms with Gasteiger partial charge in [0.2, 0.25) is 5.91 Å². The maximum atomic E-state index is 12.8. The second-order valence-electron chi connectivity index (χ2n) is 9.94. The molecule has 0 aliphatic heterocycles. The van der Waals surface area contributed by atoms with E-state index in [1.54, 1.807) is 31.4 Å². The average molecular weight is 498 g/mol. The van der Waals surface area contributed by atoms with Crippen LogP contribution in [0.3, 0.4) is 0 Å². The summed E-state index contributed by atoms with van der Waals surface area (Å²) in [6.07, 6.45) is 5.01. The summed E-state index contributed by atoms with van der Waals surface area (Å²) in [6, 6.07) is 6.94. The third kappa shape index (κ3) is 7.74. The molecule has 0 atom stereocenters. The van der Waals surface area contributed by atoms with Crippen LogP contribution >= 0.6 is 0 Å². The first-order valence-corrected chi connectivity index (χ1v) is 12.2. The molecule has 1 aromatic carbocycles. The molecule has 0 radical (unpaired) electrons. The molecule has 0 saturated heterocycles. The fraction of sp³-hybridized carbons (Fsp3) is 0.500. The molecule has 3 rings (SSSR count). The Morgan fingerprint density at radius 3 is 2.53 bits per heavy atom. The number of unbranched alkanes of at least 4 members (excludes halogenated alkanes) is 2. The van der Waals surface area contributed by atoms with Crippen LogP contribution in [0.4, 0.5) is 5.82 Å². The number of carbonyl (C=O) groups excluding carboxylic acids is 2. The van der Waals surface area contributed by atoms with E-state index in [-0.39, 0.29) is 36.3 Å². The molecule has 0 spiro atoms. The lowest BCUT2D eigenvalue weighted by molar-refractivity contribution is -0.116. The third-order valence-electron chi connectivity index (χ3n) is 5.67. The molecule has 2 aromatic heterocycles. The van der Waals surface area contributed by atoms with Crippen molar-refractivity contribution in [1.29, 1.82) is 0 Å². The standard InChI is InChI=1S/C26H35N5O5/c1-26(2,3)13-7-5-6-8-20(33)27-22-21-23(30-24(29-22)36-15-14-35-4)31(25(34)28-21)16-18-9-11-19(17-32)12-10-18/h9-12,17H,5-8,13-16H2,1-4H3,(H,28,34)(H,27,29,30,33). The van der Waals surface area contributed by atoms with Crippen molar-refractivity contribution in [3.8, 4) is 6.01 Å². The summed E-state index contributed by atoms with van der Waals surface area (Å²) in [5, 5.41) is 2.82. The Balaban J connectivity index is 1.81. The smallest absolute Gasteiger partial charge is 0.328 e. The van der Waals surface area contributed by atoms with E-state index in [2.05, 4.69) is 41.0 Å². The largest absolute Gasteiger partial charge is 0.461 e. The molecule has 0 unspecified atom stereocenters. The number of nitrogens with zero attached hydrogens (tertiary/aromatic N) is 3. The SMILES string of the molecule is COCCOc1nc(NC(=O)CCCCCC(C)(C)C)c2[nH]c(=O)n(Cc3ccc(C=O)cc3)c2n1. The van der Waals surface area contributed by atoms with Gasteiger partial charge in [0.1, 0.15) is 18.4 Å². The molecule has 194 valence electrons. The summed E-state index contributed by atoms with van der Waals surface area (Å²) in [6.45, 7) is 7.39. The Morgan fingerprint density at radius 2 is 1.86 bits per heavy atom. The number of benzene rings is 1. The zero-order valence-corrected chi connectivity index (χ0v) is 21.4. The number of aldehydes is 1. The molecule has 2 N–H and O–H groups in total. The van der Waals surface area contributed by atoms with Crippen molar-refractivity contribution in [3.05, 3.63) is 45.9 Å². The van der Waals surface area contributed by atoms with Crippen molar-refractivity contribution in [2.45, 2.75) is 59.4 Å². The van der Waals surface area contributed by atoms with Gasteiger partial charge in [0.05, 0.1) is 13.2 Å². The number of methoxy groups -OCH3 is 1. The Morgan fingerprint density at radius 1 is 1.11 bits per heavy atom. The Hall–Kier alpha value is -3.53. The van der Waals surface area contributed by atoms with Crippen molar-refractivity contribution < 1.29 is 19.1 Å². The number of amides is 1. The number of anilines is 1. The van der Waals surface area contributed by atoms with Crippen LogP contribution in [0.15, 0.2) is 29.1 Å². The number of imidazole rings is 1. The van der Waals surface area contributed by atoms with Gasteiger partial charge in [-0.3, -0.25) is 14.2 Å². The van der Waals surface area contributed by atoms with Gasteiger partial charge < -0.3 is 19.8 Å². The molecule has 3 aromatic rings. The van der Waals surface area contributed by atoms with E-state index < -0.39 is 5.69 Å². The van der Waals surface area contributed by atoms with Crippen LogP contribution in [0.25, 0.3) is 11.2 Å². The first-order chi connectivity index (χ1) is 17.2. The van der Waals surface area contributed by atoms with Gasteiger partial charge in [-0.2, -0.15) is 9.97 Å². The second-order valence-corrected chi connectivity index (χ2v) is 9.94. The maximum absolute atomic E-state index is 12.8. The highest BCUT2D eigenvalue weighted by Crippen LogP contribution is 2.24. The van der Waals surface area contributed by atoms with Crippen LogP contribution < -0.4 is 15.7 Å². The highest BCUT2D eigenvalue weighted by Gasteiger charge is 2.18. The molecular weight excluding hydrogens is 462 g/mol. The van der Waals surface area contributed by atoms with E-state index in [4.69, 9.17) is 9.47 Å². The Bertz CT molecular complexity index is 1220. The number of ether oxygens (including phenoxy) is 2. The van der Waals surface area contributed by atoms with E-state index >= 15 is 0 Å². The number of carbonyl (C=O) groups is 2. The molecular formula is C26H35N5O5. The molecule has 0 aliphatic rings. The number of rotatable bonds is 13. The molecule has 2 heterocycles. The maximum Gasteiger partial charge on any atom is 0.328 e. The van der Waals surface area contributed by atoms with Crippen LogP contribution in [0.5, 0.6) is 6.01 Å². The molecule has 0 bridgehead atoms. The predicted octanol–water partition coefficient (Wildman–Crippen LogP) is 3.94. The number of hydrogen-bond donors (Lipinski definition) is 2. The monoisotopic (exact) mass is 497 g/mol. The van der Waals surface area contributed by atoms with E-state index in [1.165, 1.54) is 4.57 Å². The topological polar surface area (TPSA) is 128 Å². The van der Waals surface area contributed by atoms with Crippen molar-refractivity contribution in [3.63, 3.8) is 0 Å². The first-order valence-electron chi connectivity index (χ1n) is 12.2. The van der Waals surface area contributed by atoms with Crippen LogP contribution in [-0.4, -0.2) is 52.0 Å². The summed E-state index contributed by atoms with van der Waals surface area (Å²) in [4.78, 5) is 47.9. The lowest BCUT2D eigenvalue weighted by Crippen LogP contribution is -2.18. The average Bonchev–Trinajstić information content (AvgIpc) is 3.14. The summed E-state index contributed by atoms with van der Waals surface area (Å²) >= 11 is 0. The summed E-state index contributed by atoms with van der Waals surface area (Å²) in [5.74, 6) is 0.00547. The molecule has 0 saturated carbocycles. The number of H-pyrrole nitrogens is 1. The highest BCUT2D eigenvalue weighted by atomic mass is 16.5. The van der Waals surface area contributed by atoms with E-state index in [0.717, 1.165) is 37.5 Å². The van der Waals surface area contributed by atoms with Crippen molar-refractivity contribution in [2.75, 3.05) is 25.6 Å². The minimum Gasteiger partial charge on any atom is -0.461 e. The van der Waals surface area contributed by atoms with E-state index in [1.807, 2.05) is 0 Å². The summed E-state index contributed by atoms with van der Waals surface area (Å²) in [5.41, 5.74) is 1.87. The number of hydrogen-bond acceptors (Lipinski definition) is 7. The molecule has 36 heavy (non-hydrogen) atoms. The van der Waals surface area contributed by atoms with Gasteiger partial charge in [-0.15, -0.1) is 0 Å². The first kappa shape index (κ1) is 27.1. The summed E-state index contributed by atoms with van der Waals surface area (Å²) < 4.78 is 12.1. The van der Waals surface area contributed by atoms with Crippen molar-refractivity contribution >= 4 is 29.2 Å². The molecule has 10 heteroatoms. The van der Waals surface area contributed by atoms with E-state index in [0.29, 0.717) is 29.8 Å². The lowest BCUT2D eigenvalue weighted by Gasteiger charge is -2.17. The Kier molecular flexibility index (Phi) is 9.35. The van der Waals surface area contributed by atoms with Gasteiger partial charge in [0.25, 0.3) is 0 Å². The minimum atomic E-state index is -0.398. The van der Waals surface area contributed by atoms with Crippen molar-refractivity contribution in [1.82, 2.24) is 19.5 Å². The number of fused-ring (bicyclic) bond motifs is 1. The minimum absolute atomic E-state index is 0.0316. The van der Waals surface area contributed by atoms with Gasteiger partial charge in [0.15, 0.2) is 11.5 Å². The fourth-order valence-electron chi connectivity index (χ4n) is 3.72. The number of nitrogens with one attached hydrogen (secondary N) is 2. The quantitative estimate of drug-likeness (QED) is 0.270. The molecule has 0 aliphatic carbocycles.